The number of carbonyl (C=O) groups excluding carboxylic acids is 1. The highest BCUT2D eigenvalue weighted by Crippen LogP contribution is 2.71. The molecule has 6 nitrogen and oxygen atoms in total. The van der Waals surface area contributed by atoms with Gasteiger partial charge in [0.2, 0.25) is 0 Å². The molecule has 0 aromatic rings. The molecule has 0 heterocycles. The molecule has 0 aromatic carbocycles. The number of aliphatic carboxylic acids is 1. The second kappa shape index (κ2) is 8.78. The molecular formula is C30H46O6. The number of carboxylic acids is 1. The Morgan fingerprint density at radius 1 is 1.11 bits per heavy atom. The molecule has 0 amide bonds. The third-order valence-corrected chi connectivity index (χ3v) is 11.7. The van der Waals surface area contributed by atoms with Crippen LogP contribution in [0.5, 0.6) is 0 Å². The molecule has 6 heteroatoms. The molecule has 10 atom stereocenters. The van der Waals surface area contributed by atoms with Crippen LogP contribution in [0.1, 0.15) is 93.4 Å². The smallest absolute Gasteiger partial charge is 0.312 e. The van der Waals surface area contributed by atoms with Gasteiger partial charge in [-0.3, -0.25) is 9.59 Å². The van der Waals surface area contributed by atoms with Gasteiger partial charge in [0, 0.05) is 29.2 Å². The van der Waals surface area contributed by atoms with Gasteiger partial charge in [-0.1, -0.05) is 39.3 Å². The quantitative estimate of drug-likeness (QED) is 0.406. The molecule has 0 radical (unpaired) electrons. The Kier molecular flexibility index (Phi) is 6.71. The lowest BCUT2D eigenvalue weighted by atomic mass is 9.41. The molecule has 2 saturated carbocycles. The van der Waals surface area contributed by atoms with E-state index >= 15 is 0 Å². The summed E-state index contributed by atoms with van der Waals surface area (Å²) in [5, 5.41) is 44.0. The van der Waals surface area contributed by atoms with E-state index in [0.29, 0.717) is 29.4 Å². The zero-order chi connectivity index (χ0) is 27.0. The van der Waals surface area contributed by atoms with Crippen LogP contribution in [0.15, 0.2) is 22.8 Å². The van der Waals surface area contributed by atoms with Crippen LogP contribution in [0, 0.1) is 39.4 Å². The second-order valence-electron chi connectivity index (χ2n) is 13.6. The van der Waals surface area contributed by atoms with Crippen LogP contribution in [0.3, 0.4) is 0 Å². The fraction of sp³-hybridized carbons (Fsp3) is 0.800. The molecule has 2 fully saturated rings. The van der Waals surface area contributed by atoms with Crippen molar-refractivity contribution in [3.05, 3.63) is 22.8 Å². The normalized spacial score (nSPS) is 47.1. The number of hydrogen-bond acceptors (Lipinski definition) is 5. The van der Waals surface area contributed by atoms with E-state index in [1.807, 2.05) is 6.92 Å². The summed E-state index contributed by atoms with van der Waals surface area (Å²) in [4.78, 5) is 26.4. The Morgan fingerprint density at radius 2 is 1.75 bits per heavy atom. The van der Waals surface area contributed by atoms with Gasteiger partial charge in [0.05, 0.1) is 23.7 Å². The van der Waals surface area contributed by atoms with Crippen LogP contribution in [0.2, 0.25) is 0 Å². The average molecular weight is 503 g/mol. The zero-order valence-electron chi connectivity index (χ0n) is 23.1. The molecule has 0 aromatic heterocycles. The lowest BCUT2D eigenvalue weighted by Gasteiger charge is -2.63. The Hall–Kier alpha value is -1.50. The largest absolute Gasteiger partial charge is 0.481 e. The maximum Gasteiger partial charge on any atom is 0.312 e. The topological polar surface area (TPSA) is 115 Å². The van der Waals surface area contributed by atoms with E-state index in [1.165, 1.54) is 12.5 Å². The van der Waals surface area contributed by atoms with E-state index in [2.05, 4.69) is 40.7 Å². The third-order valence-electron chi connectivity index (χ3n) is 11.7. The van der Waals surface area contributed by atoms with Crippen LogP contribution in [-0.4, -0.2) is 50.5 Å². The number of Topliss-reactive ketones (excluding diaryl/α,β-unsaturated/α-hetero) is 1. The van der Waals surface area contributed by atoms with Crippen molar-refractivity contribution in [2.75, 3.05) is 0 Å². The number of aliphatic hydroxyl groups excluding tert-OH is 3. The molecule has 0 aliphatic heterocycles. The van der Waals surface area contributed by atoms with Crippen molar-refractivity contribution in [1.82, 2.24) is 0 Å². The SMILES string of the molecule is CC(C)=CCCC(C)[C@H]1CC[C@@]2(C)C3=C([C@H](O)C[C@]12C)[C@@]1(C)[C@H](O)C[C@H](O)C(C)(C(=O)O)[C@@H]1CC3=O. The van der Waals surface area contributed by atoms with Gasteiger partial charge in [-0.15, -0.1) is 0 Å². The maximum atomic E-state index is 14.0. The van der Waals surface area contributed by atoms with Gasteiger partial charge >= 0.3 is 5.97 Å². The minimum atomic E-state index is -1.58. The minimum Gasteiger partial charge on any atom is -0.481 e. The summed E-state index contributed by atoms with van der Waals surface area (Å²) in [6.45, 7) is 14.2. The van der Waals surface area contributed by atoms with Gasteiger partial charge in [-0.2, -0.15) is 0 Å². The first-order chi connectivity index (χ1) is 16.6. The molecule has 36 heavy (non-hydrogen) atoms. The number of allylic oxidation sites excluding steroid dienone is 3. The Bertz CT molecular complexity index is 1010. The van der Waals surface area contributed by atoms with E-state index in [1.54, 1.807) is 0 Å². The van der Waals surface area contributed by atoms with E-state index in [-0.39, 0.29) is 24.0 Å². The molecular weight excluding hydrogens is 456 g/mol. The van der Waals surface area contributed by atoms with Gasteiger partial charge in [0.15, 0.2) is 5.78 Å². The van der Waals surface area contributed by atoms with E-state index in [0.717, 1.165) is 25.7 Å². The molecule has 0 spiro atoms. The first-order valence-electron chi connectivity index (χ1n) is 13.8. The van der Waals surface area contributed by atoms with Gasteiger partial charge in [-0.05, 0) is 81.6 Å². The van der Waals surface area contributed by atoms with Crippen LogP contribution in [0.25, 0.3) is 0 Å². The van der Waals surface area contributed by atoms with Crippen LogP contribution >= 0.6 is 0 Å². The van der Waals surface area contributed by atoms with E-state index < -0.39 is 46.4 Å². The summed E-state index contributed by atoms with van der Waals surface area (Å²) in [5.41, 5.74) is -0.889. The molecule has 2 unspecified atom stereocenters. The highest BCUT2D eigenvalue weighted by atomic mass is 16.4. The number of carboxylic acid groups (broad SMARTS) is 1. The number of fused-ring (bicyclic) bond motifs is 4. The number of carbonyl (C=O) groups is 2. The number of aliphatic hydroxyl groups is 3. The Labute approximate surface area is 215 Å². The van der Waals surface area contributed by atoms with Crippen molar-refractivity contribution in [1.29, 1.82) is 0 Å². The predicted molar refractivity (Wildman–Crippen MR) is 138 cm³/mol. The minimum absolute atomic E-state index is 0.0363. The monoisotopic (exact) mass is 502 g/mol. The first-order valence-corrected chi connectivity index (χ1v) is 13.8. The van der Waals surface area contributed by atoms with Crippen molar-refractivity contribution in [2.45, 2.75) is 112 Å². The van der Waals surface area contributed by atoms with Crippen molar-refractivity contribution in [3.63, 3.8) is 0 Å². The summed E-state index contributed by atoms with van der Waals surface area (Å²) < 4.78 is 0. The summed E-state index contributed by atoms with van der Waals surface area (Å²) in [6.07, 6.45) is 3.31. The molecule has 0 saturated heterocycles. The number of rotatable bonds is 5. The summed E-state index contributed by atoms with van der Waals surface area (Å²) in [6, 6.07) is 0. The predicted octanol–water partition coefficient (Wildman–Crippen LogP) is 4.66. The summed E-state index contributed by atoms with van der Waals surface area (Å²) >= 11 is 0. The molecule has 4 rings (SSSR count). The molecule has 4 aliphatic rings. The standard InChI is InChI=1S/C30H46O6/c1-16(2)9-8-10-17(3)18-11-12-27(4)24-19(31)13-21-29(6,25(24)20(32)15-28(18,27)5)22(33)14-23(34)30(21,7)26(35)36/h9,17-18,20-23,32-34H,8,10-15H2,1-7H3,(H,35,36)/t17?,18-,20-,21-,22-,23+,27+,28-,29-,30?/m1/s1. The molecule has 4 N–H and O–H groups in total. The average Bonchev–Trinajstić information content (AvgIpc) is 3.04. The van der Waals surface area contributed by atoms with Crippen molar-refractivity contribution in [3.8, 4) is 0 Å². The lowest BCUT2D eigenvalue weighted by molar-refractivity contribution is -0.194. The molecule has 202 valence electrons. The van der Waals surface area contributed by atoms with E-state index in [4.69, 9.17) is 0 Å². The molecule has 0 bridgehead atoms. The van der Waals surface area contributed by atoms with E-state index in [9.17, 15) is 30.0 Å². The molecule has 4 aliphatic carbocycles. The third kappa shape index (κ3) is 3.46. The van der Waals surface area contributed by atoms with Gasteiger partial charge < -0.3 is 20.4 Å². The highest BCUT2D eigenvalue weighted by Gasteiger charge is 2.70. The summed E-state index contributed by atoms with van der Waals surface area (Å²) in [5.74, 6) is -1.28. The zero-order valence-corrected chi connectivity index (χ0v) is 23.1. The van der Waals surface area contributed by atoms with Crippen LogP contribution in [-0.2, 0) is 9.59 Å². The second-order valence-corrected chi connectivity index (χ2v) is 13.6. The lowest BCUT2D eigenvalue weighted by Crippen LogP contribution is -2.66. The summed E-state index contributed by atoms with van der Waals surface area (Å²) in [7, 11) is 0. The van der Waals surface area contributed by atoms with Crippen molar-refractivity contribution < 1.29 is 30.0 Å². The fourth-order valence-corrected chi connectivity index (χ4v) is 9.21. The number of hydrogen-bond donors (Lipinski definition) is 4. The number of ketones is 1. The first kappa shape index (κ1) is 27.5. The van der Waals surface area contributed by atoms with Gasteiger partial charge in [-0.25, -0.2) is 0 Å². The Morgan fingerprint density at radius 3 is 2.33 bits per heavy atom. The van der Waals surface area contributed by atoms with Gasteiger partial charge in [0.1, 0.15) is 0 Å². The van der Waals surface area contributed by atoms with Gasteiger partial charge in [0.25, 0.3) is 0 Å². The van der Waals surface area contributed by atoms with Crippen LogP contribution in [0.4, 0.5) is 0 Å². The maximum absolute atomic E-state index is 14.0. The highest BCUT2D eigenvalue weighted by molar-refractivity contribution is 6.00. The fourth-order valence-electron chi connectivity index (χ4n) is 9.21. The van der Waals surface area contributed by atoms with Crippen LogP contribution < -0.4 is 0 Å². The Balaban J connectivity index is 1.82. The van der Waals surface area contributed by atoms with Crippen molar-refractivity contribution in [2.24, 2.45) is 39.4 Å². The van der Waals surface area contributed by atoms with Crippen molar-refractivity contribution >= 4 is 11.8 Å².